The van der Waals surface area contributed by atoms with Crippen molar-refractivity contribution in [1.29, 1.82) is 0 Å². The van der Waals surface area contributed by atoms with Crippen molar-refractivity contribution >= 4 is 33.2 Å². The van der Waals surface area contributed by atoms with Gasteiger partial charge in [-0.25, -0.2) is 26.0 Å². The second-order valence-corrected chi connectivity index (χ2v) is 8.29. The third-order valence-electron chi connectivity index (χ3n) is 4.43. The third-order valence-corrected chi connectivity index (χ3v) is 5.81. The van der Waals surface area contributed by atoms with Crippen molar-refractivity contribution in [3.63, 3.8) is 0 Å². The molecule has 2 aromatic carbocycles. The first kappa shape index (κ1) is 23.9. The van der Waals surface area contributed by atoms with E-state index < -0.39 is 44.7 Å². The van der Waals surface area contributed by atoms with Gasteiger partial charge in [0.05, 0.1) is 17.9 Å². The highest BCUT2D eigenvalue weighted by Gasteiger charge is 2.23. The molecule has 172 valence electrons. The molecule has 0 bridgehead atoms. The Morgan fingerprint density at radius 1 is 1.09 bits per heavy atom. The Morgan fingerprint density at radius 3 is 2.52 bits per heavy atom. The molecule has 1 aromatic heterocycles. The zero-order valence-electron chi connectivity index (χ0n) is 17.0. The van der Waals surface area contributed by atoms with E-state index in [1.165, 1.54) is 30.7 Å². The molecule has 0 aliphatic rings. The number of aliphatic imine (C=N–C) groups is 1. The molecule has 3 N–H and O–H groups in total. The molecule has 0 fully saturated rings. The van der Waals surface area contributed by atoms with Crippen LogP contribution in [0.2, 0.25) is 0 Å². The van der Waals surface area contributed by atoms with E-state index in [4.69, 9.17) is 5.73 Å². The summed E-state index contributed by atoms with van der Waals surface area (Å²) in [5, 5.41) is 0. The predicted molar refractivity (Wildman–Crippen MR) is 118 cm³/mol. The summed E-state index contributed by atoms with van der Waals surface area (Å²) >= 11 is 0. The number of hydrogen-bond acceptors (Lipinski definition) is 5. The van der Waals surface area contributed by atoms with Crippen LogP contribution in [0, 0.1) is 17.5 Å². The number of sulfonamides is 1. The molecule has 0 saturated carbocycles. The largest absolute Gasteiger partial charge is 0.398 e. The fourth-order valence-corrected chi connectivity index (χ4v) is 4.03. The van der Waals surface area contributed by atoms with Gasteiger partial charge in [-0.3, -0.25) is 14.7 Å². The maximum absolute atomic E-state index is 15.3. The number of hydrogen-bond donors (Lipinski definition) is 2. The first-order valence-electron chi connectivity index (χ1n) is 9.47. The van der Waals surface area contributed by atoms with Gasteiger partial charge in [-0.05, 0) is 48.0 Å². The number of allylic oxidation sites excluding steroid dienone is 1. The number of benzene rings is 2. The van der Waals surface area contributed by atoms with Gasteiger partial charge in [-0.1, -0.05) is 6.07 Å². The van der Waals surface area contributed by atoms with Crippen molar-refractivity contribution in [3.8, 4) is 0 Å². The summed E-state index contributed by atoms with van der Waals surface area (Å²) < 4.78 is 82.2. The van der Waals surface area contributed by atoms with Gasteiger partial charge in [0.15, 0.2) is 5.82 Å². The van der Waals surface area contributed by atoms with Crippen LogP contribution >= 0.6 is 0 Å². The van der Waals surface area contributed by atoms with Gasteiger partial charge in [0.25, 0.3) is 10.0 Å². The quantitative estimate of drug-likeness (QED) is 0.375. The van der Waals surface area contributed by atoms with E-state index in [0.717, 1.165) is 12.1 Å². The number of nitrogens with zero attached hydrogens (tertiary/aromatic N) is 2. The second kappa shape index (κ2) is 10.3. The fraction of sp³-hybridized carbons (Fsp3) is 0.0909. The summed E-state index contributed by atoms with van der Waals surface area (Å²) in [5.74, 6) is -3.24. The first-order chi connectivity index (χ1) is 15.7. The van der Waals surface area contributed by atoms with Gasteiger partial charge in [0.1, 0.15) is 23.2 Å². The summed E-state index contributed by atoms with van der Waals surface area (Å²) in [6.07, 6.45) is 4.22. The van der Waals surface area contributed by atoms with Gasteiger partial charge < -0.3 is 5.73 Å². The maximum Gasteiger partial charge on any atom is 0.265 e. The number of nitrogens with two attached hydrogens (primary N) is 1. The van der Waals surface area contributed by atoms with Crippen LogP contribution < -0.4 is 10.5 Å². The Morgan fingerprint density at radius 2 is 1.82 bits per heavy atom. The number of halogens is 4. The standard InChI is InChI=1S/C22H18F4N4O2S/c23-8-11-29-13-17(14-6-9-28-10-7-14)22(27)16-2-1-3-19(21(16)26)30-33(31,32)20-12-15(24)4-5-18(20)25/h1-7,9-10,12-13,30H,8,11,27H2. The van der Waals surface area contributed by atoms with E-state index in [1.807, 2.05) is 4.72 Å². The molecular formula is C22H18F4N4O2S. The molecule has 0 saturated heterocycles. The normalized spacial score (nSPS) is 12.6. The third kappa shape index (κ3) is 5.55. The number of aromatic nitrogens is 1. The van der Waals surface area contributed by atoms with Gasteiger partial charge in [-0.15, -0.1) is 0 Å². The zero-order valence-corrected chi connectivity index (χ0v) is 17.8. The van der Waals surface area contributed by atoms with E-state index in [9.17, 15) is 21.6 Å². The molecule has 1 heterocycles. The minimum absolute atomic E-state index is 0.112. The van der Waals surface area contributed by atoms with Crippen LogP contribution in [0.1, 0.15) is 11.1 Å². The minimum Gasteiger partial charge on any atom is -0.398 e. The monoisotopic (exact) mass is 478 g/mol. The molecule has 0 aliphatic heterocycles. The Kier molecular flexibility index (Phi) is 7.44. The van der Waals surface area contributed by atoms with E-state index >= 15 is 4.39 Å². The lowest BCUT2D eigenvalue weighted by atomic mass is 10.0. The molecule has 0 radical (unpaired) electrons. The van der Waals surface area contributed by atoms with Crippen molar-refractivity contribution in [2.75, 3.05) is 17.9 Å². The van der Waals surface area contributed by atoms with Gasteiger partial charge in [0.2, 0.25) is 0 Å². The molecule has 6 nitrogen and oxygen atoms in total. The van der Waals surface area contributed by atoms with Gasteiger partial charge in [0, 0.05) is 29.7 Å². The molecule has 0 spiro atoms. The number of rotatable bonds is 8. The lowest BCUT2D eigenvalue weighted by molar-refractivity contribution is 0.505. The minimum atomic E-state index is -4.66. The van der Waals surface area contributed by atoms with Crippen LogP contribution in [0.25, 0.3) is 11.3 Å². The molecule has 0 aliphatic carbocycles. The predicted octanol–water partition coefficient (Wildman–Crippen LogP) is 4.17. The number of alkyl halides is 1. The summed E-state index contributed by atoms with van der Waals surface area (Å²) in [7, 11) is -4.66. The van der Waals surface area contributed by atoms with Crippen molar-refractivity contribution in [1.82, 2.24) is 4.98 Å². The van der Waals surface area contributed by atoms with Crippen LogP contribution in [0.15, 0.2) is 70.8 Å². The topological polar surface area (TPSA) is 97.4 Å². The lowest BCUT2D eigenvalue weighted by Crippen LogP contribution is -2.17. The van der Waals surface area contributed by atoms with Crippen LogP contribution in [-0.2, 0) is 10.0 Å². The molecule has 33 heavy (non-hydrogen) atoms. The summed E-state index contributed by atoms with van der Waals surface area (Å²) in [4.78, 5) is 6.83. The smallest absolute Gasteiger partial charge is 0.265 e. The number of pyridine rings is 1. The Hall–Kier alpha value is -3.73. The van der Waals surface area contributed by atoms with Crippen LogP contribution in [0.4, 0.5) is 23.2 Å². The maximum atomic E-state index is 15.3. The van der Waals surface area contributed by atoms with Crippen LogP contribution in [0.5, 0.6) is 0 Å². The van der Waals surface area contributed by atoms with Crippen LogP contribution in [-0.4, -0.2) is 32.8 Å². The van der Waals surface area contributed by atoms with Crippen molar-refractivity contribution in [2.45, 2.75) is 4.90 Å². The molecule has 3 rings (SSSR count). The highest BCUT2D eigenvalue weighted by atomic mass is 32.2. The average molecular weight is 478 g/mol. The number of anilines is 1. The molecule has 0 unspecified atom stereocenters. The lowest BCUT2D eigenvalue weighted by Gasteiger charge is -2.14. The van der Waals surface area contributed by atoms with Crippen molar-refractivity contribution < 1.29 is 26.0 Å². The Bertz CT molecular complexity index is 1310. The second-order valence-electron chi connectivity index (χ2n) is 6.63. The Balaban J connectivity index is 2.07. The number of nitrogens with one attached hydrogen (secondary N) is 1. The van der Waals surface area contributed by atoms with E-state index in [0.29, 0.717) is 17.7 Å². The van der Waals surface area contributed by atoms with Crippen LogP contribution in [0.3, 0.4) is 0 Å². The zero-order chi connectivity index (χ0) is 24.0. The average Bonchev–Trinajstić information content (AvgIpc) is 2.80. The SMILES string of the molecule is NC(=C(C=NCCF)c1ccncc1)c1cccc(NS(=O)(=O)c2cc(F)ccc2F)c1F. The molecule has 0 atom stereocenters. The van der Waals surface area contributed by atoms with E-state index in [-0.39, 0.29) is 23.4 Å². The highest BCUT2D eigenvalue weighted by Crippen LogP contribution is 2.29. The van der Waals surface area contributed by atoms with Crippen molar-refractivity contribution in [3.05, 3.63) is 89.5 Å². The summed E-state index contributed by atoms with van der Waals surface area (Å²) in [5.41, 5.74) is 6.12. The summed E-state index contributed by atoms with van der Waals surface area (Å²) in [6.45, 7) is -0.842. The molecule has 0 amide bonds. The van der Waals surface area contributed by atoms with Gasteiger partial charge in [-0.2, -0.15) is 0 Å². The van der Waals surface area contributed by atoms with Crippen molar-refractivity contribution in [2.24, 2.45) is 10.7 Å². The van der Waals surface area contributed by atoms with E-state index in [2.05, 4.69) is 9.98 Å². The highest BCUT2D eigenvalue weighted by molar-refractivity contribution is 7.92. The fourth-order valence-electron chi connectivity index (χ4n) is 2.88. The molecule has 11 heteroatoms. The molecule has 3 aromatic rings. The Labute approximate surface area is 187 Å². The first-order valence-corrected chi connectivity index (χ1v) is 11.0. The molecular weight excluding hydrogens is 460 g/mol. The summed E-state index contributed by atoms with van der Waals surface area (Å²) in [6, 6.07) is 8.78. The van der Waals surface area contributed by atoms with E-state index in [1.54, 1.807) is 12.1 Å². The van der Waals surface area contributed by atoms with Gasteiger partial charge >= 0.3 is 0 Å².